The second-order valence-electron chi connectivity index (χ2n) is 4.98. The lowest BCUT2D eigenvalue weighted by atomic mass is 10.1. The van der Waals surface area contributed by atoms with Gasteiger partial charge in [-0.2, -0.15) is 13.5 Å². The molecule has 0 atom stereocenters. The molecule has 2 aromatic rings. The van der Waals surface area contributed by atoms with Crippen LogP contribution in [0, 0.1) is 6.92 Å². The summed E-state index contributed by atoms with van der Waals surface area (Å²) in [6.45, 7) is 1.39. The van der Waals surface area contributed by atoms with Crippen LogP contribution in [0.4, 0.5) is 5.69 Å². The summed E-state index contributed by atoms with van der Waals surface area (Å²) in [5.41, 5.74) is 1.56. The van der Waals surface area contributed by atoms with Gasteiger partial charge in [-0.25, -0.2) is 0 Å². The van der Waals surface area contributed by atoms with E-state index >= 15 is 0 Å². The predicted octanol–water partition coefficient (Wildman–Crippen LogP) is 0.562. The molecule has 0 aliphatic rings. The Bertz CT molecular complexity index is 787. The van der Waals surface area contributed by atoms with Crippen LogP contribution in [0.25, 0.3) is 0 Å². The van der Waals surface area contributed by atoms with Crippen LogP contribution in [0.2, 0.25) is 0 Å². The molecule has 0 unspecified atom stereocenters. The molecule has 9 heteroatoms. The molecule has 0 saturated carbocycles. The maximum Gasteiger partial charge on any atom is 0.274 e. The highest BCUT2D eigenvalue weighted by Crippen LogP contribution is 2.26. The number of benzene rings is 1. The van der Waals surface area contributed by atoms with Crippen molar-refractivity contribution in [3.8, 4) is 0 Å². The Morgan fingerprint density at radius 1 is 1.35 bits per heavy atom. The minimum absolute atomic E-state index is 0.0425. The summed E-state index contributed by atoms with van der Waals surface area (Å²) in [4.78, 5) is 13.6. The first kappa shape index (κ1) is 17.1. The fraction of sp³-hybridized carbons (Fsp3) is 0.286. The number of aliphatic hydroxyl groups excluding tert-OH is 1. The highest BCUT2D eigenvalue weighted by atomic mass is 32.2. The fourth-order valence-electron chi connectivity index (χ4n) is 2.27. The van der Waals surface area contributed by atoms with E-state index in [-0.39, 0.29) is 13.3 Å². The first-order valence-corrected chi connectivity index (χ1v) is 8.35. The van der Waals surface area contributed by atoms with Crippen molar-refractivity contribution in [1.82, 2.24) is 9.78 Å². The van der Waals surface area contributed by atoms with E-state index in [1.165, 1.54) is 15.8 Å². The zero-order valence-electron chi connectivity index (χ0n) is 12.5. The summed E-state index contributed by atoms with van der Waals surface area (Å²) in [6, 6.07) is 6.77. The van der Waals surface area contributed by atoms with E-state index in [0.29, 0.717) is 16.8 Å². The average molecular weight is 339 g/mol. The van der Waals surface area contributed by atoms with Crippen molar-refractivity contribution < 1.29 is 22.9 Å². The van der Waals surface area contributed by atoms with Gasteiger partial charge >= 0.3 is 0 Å². The topological polar surface area (TPSA) is 113 Å². The van der Waals surface area contributed by atoms with Gasteiger partial charge in [0.25, 0.3) is 10.1 Å². The maximum atomic E-state index is 12.4. The van der Waals surface area contributed by atoms with E-state index in [2.05, 4.69) is 5.10 Å². The van der Waals surface area contributed by atoms with Crippen molar-refractivity contribution in [3.63, 3.8) is 0 Å². The molecule has 0 fully saturated rings. The first-order valence-electron chi connectivity index (χ1n) is 6.74. The number of carbonyl (C=O) groups excluding carboxylic acids is 1. The molecule has 0 radical (unpaired) electrons. The van der Waals surface area contributed by atoms with Crippen molar-refractivity contribution in [2.75, 3.05) is 10.7 Å². The quantitative estimate of drug-likeness (QED) is 0.744. The molecule has 124 valence electrons. The van der Waals surface area contributed by atoms with Crippen molar-refractivity contribution in [2.45, 2.75) is 20.2 Å². The van der Waals surface area contributed by atoms with Crippen LogP contribution in [-0.4, -0.2) is 39.5 Å². The van der Waals surface area contributed by atoms with E-state index < -0.39 is 21.8 Å². The number of hydrogen-bond donors (Lipinski definition) is 2. The Morgan fingerprint density at radius 2 is 2.09 bits per heavy atom. The zero-order chi connectivity index (χ0) is 17.0. The standard InChI is InChI=1S/C14H17N3O5S/c1-11-4-2-5-12(8-18)14(11)17(10-16-7-3-6-15-16)13(19)9-23(20,21)22/h2-7,18H,8-10H2,1H3,(H,20,21,22). The third-order valence-electron chi connectivity index (χ3n) is 3.21. The van der Waals surface area contributed by atoms with Gasteiger partial charge < -0.3 is 5.11 Å². The van der Waals surface area contributed by atoms with Crippen LogP contribution in [0.1, 0.15) is 11.1 Å². The molecule has 1 amide bonds. The van der Waals surface area contributed by atoms with E-state index in [1.807, 2.05) is 0 Å². The lowest BCUT2D eigenvalue weighted by Gasteiger charge is -2.26. The SMILES string of the molecule is Cc1cccc(CO)c1N(Cn1cccn1)C(=O)CS(=O)(=O)O. The van der Waals surface area contributed by atoms with Gasteiger partial charge in [0.1, 0.15) is 6.67 Å². The van der Waals surface area contributed by atoms with Crippen molar-refractivity contribution in [3.05, 3.63) is 47.8 Å². The number of aromatic nitrogens is 2. The molecule has 1 aromatic heterocycles. The second-order valence-corrected chi connectivity index (χ2v) is 6.43. The number of nitrogens with zero attached hydrogens (tertiary/aromatic N) is 3. The molecule has 0 spiro atoms. The molecule has 2 rings (SSSR count). The lowest BCUT2D eigenvalue weighted by Crippen LogP contribution is -2.38. The Hall–Kier alpha value is -2.23. The number of rotatable bonds is 6. The third kappa shape index (κ3) is 4.38. The molecule has 0 aliphatic carbocycles. The summed E-state index contributed by atoms with van der Waals surface area (Å²) in [5, 5.41) is 13.5. The van der Waals surface area contributed by atoms with Gasteiger partial charge in [0.15, 0.2) is 5.75 Å². The van der Waals surface area contributed by atoms with Gasteiger partial charge in [-0.15, -0.1) is 0 Å². The minimum Gasteiger partial charge on any atom is -0.392 e. The Balaban J connectivity index is 2.47. The van der Waals surface area contributed by atoms with E-state index in [1.54, 1.807) is 37.4 Å². The number of anilines is 1. The van der Waals surface area contributed by atoms with Crippen molar-refractivity contribution in [2.24, 2.45) is 0 Å². The molecule has 0 aliphatic heterocycles. The maximum absolute atomic E-state index is 12.4. The molecule has 8 nitrogen and oxygen atoms in total. The lowest BCUT2D eigenvalue weighted by molar-refractivity contribution is -0.116. The molecule has 1 heterocycles. The molecule has 2 N–H and O–H groups in total. The van der Waals surface area contributed by atoms with Crippen LogP contribution in [-0.2, 0) is 28.2 Å². The molecule has 23 heavy (non-hydrogen) atoms. The van der Waals surface area contributed by atoms with Gasteiger partial charge in [0.05, 0.1) is 12.3 Å². The molecule has 0 bridgehead atoms. The Labute approximate surface area is 133 Å². The smallest absolute Gasteiger partial charge is 0.274 e. The van der Waals surface area contributed by atoms with Gasteiger partial charge in [-0.3, -0.25) is 18.9 Å². The van der Waals surface area contributed by atoms with Crippen molar-refractivity contribution >= 4 is 21.7 Å². The molecule has 0 saturated heterocycles. The number of aliphatic hydroxyl groups is 1. The number of para-hydroxylation sites is 1. The molecular formula is C14H17N3O5S. The summed E-state index contributed by atoms with van der Waals surface area (Å²) in [6.07, 6.45) is 3.14. The van der Waals surface area contributed by atoms with E-state index in [9.17, 15) is 18.3 Å². The highest BCUT2D eigenvalue weighted by Gasteiger charge is 2.25. The Kier molecular flexibility index (Phi) is 5.14. The monoisotopic (exact) mass is 339 g/mol. The highest BCUT2D eigenvalue weighted by molar-refractivity contribution is 7.86. The van der Waals surface area contributed by atoms with Crippen LogP contribution >= 0.6 is 0 Å². The normalized spacial score (nSPS) is 11.4. The van der Waals surface area contributed by atoms with Gasteiger partial charge in [-0.05, 0) is 18.6 Å². The second kappa shape index (κ2) is 6.90. The van der Waals surface area contributed by atoms with Gasteiger partial charge in [-0.1, -0.05) is 18.2 Å². The van der Waals surface area contributed by atoms with Gasteiger partial charge in [0.2, 0.25) is 5.91 Å². The fourth-order valence-corrected chi connectivity index (χ4v) is 2.74. The minimum atomic E-state index is -4.47. The molecular weight excluding hydrogens is 322 g/mol. The van der Waals surface area contributed by atoms with Crippen LogP contribution in [0.3, 0.4) is 0 Å². The van der Waals surface area contributed by atoms with Gasteiger partial charge in [0, 0.05) is 18.0 Å². The van der Waals surface area contributed by atoms with E-state index in [0.717, 1.165) is 0 Å². The molecule has 1 aromatic carbocycles. The summed E-state index contributed by atoms with van der Waals surface area (Å²) < 4.78 is 32.5. The Morgan fingerprint density at radius 3 is 2.65 bits per heavy atom. The zero-order valence-corrected chi connectivity index (χ0v) is 13.3. The third-order valence-corrected chi connectivity index (χ3v) is 3.83. The largest absolute Gasteiger partial charge is 0.392 e. The summed E-state index contributed by atoms with van der Waals surface area (Å²) in [7, 11) is -4.47. The van der Waals surface area contributed by atoms with Crippen molar-refractivity contribution in [1.29, 1.82) is 0 Å². The van der Waals surface area contributed by atoms with Crippen LogP contribution in [0.5, 0.6) is 0 Å². The number of carbonyl (C=O) groups is 1. The van der Waals surface area contributed by atoms with Crippen LogP contribution in [0.15, 0.2) is 36.7 Å². The van der Waals surface area contributed by atoms with Crippen LogP contribution < -0.4 is 4.90 Å². The summed E-state index contributed by atoms with van der Waals surface area (Å²) >= 11 is 0. The average Bonchev–Trinajstić information content (AvgIpc) is 2.96. The predicted molar refractivity (Wildman–Crippen MR) is 83.2 cm³/mol. The van der Waals surface area contributed by atoms with E-state index in [4.69, 9.17) is 4.55 Å². The number of hydrogen-bond acceptors (Lipinski definition) is 5. The summed E-state index contributed by atoms with van der Waals surface area (Å²) in [5.74, 6) is -1.86. The first-order chi connectivity index (χ1) is 10.8. The number of amides is 1. The number of aryl methyl sites for hydroxylation is 1.